The van der Waals surface area contributed by atoms with Crippen molar-refractivity contribution >= 4 is 17.7 Å². The molecule has 0 spiro atoms. The van der Waals surface area contributed by atoms with Crippen LogP contribution in [0.3, 0.4) is 0 Å². The third-order valence-corrected chi connectivity index (χ3v) is 4.47. The Labute approximate surface area is 156 Å². The van der Waals surface area contributed by atoms with E-state index < -0.39 is 12.0 Å². The molecule has 8 nitrogen and oxygen atoms in total. The van der Waals surface area contributed by atoms with E-state index in [1.807, 2.05) is 32.0 Å². The maximum atomic E-state index is 12.5. The minimum Gasteiger partial charge on any atom is -0.467 e. The molecule has 0 bridgehead atoms. The molecule has 140 valence electrons. The number of hydrogen-bond acceptors (Lipinski definition) is 6. The second-order valence-electron chi connectivity index (χ2n) is 6.17. The van der Waals surface area contributed by atoms with Crippen molar-refractivity contribution in [3.05, 3.63) is 59.2 Å². The molecular formula is C19H21N5O3. The van der Waals surface area contributed by atoms with E-state index in [2.05, 4.69) is 20.4 Å². The number of amides is 1. The van der Waals surface area contributed by atoms with Crippen LogP contribution in [0.5, 0.6) is 0 Å². The zero-order valence-electron chi connectivity index (χ0n) is 15.5. The van der Waals surface area contributed by atoms with Crippen molar-refractivity contribution < 1.29 is 14.3 Å². The lowest BCUT2D eigenvalue weighted by Crippen LogP contribution is -2.34. The van der Waals surface area contributed by atoms with Gasteiger partial charge in [0.1, 0.15) is 6.33 Å². The van der Waals surface area contributed by atoms with Gasteiger partial charge in [0.05, 0.1) is 7.11 Å². The summed E-state index contributed by atoms with van der Waals surface area (Å²) >= 11 is 0. The molecule has 2 aromatic heterocycles. The largest absolute Gasteiger partial charge is 0.467 e. The molecule has 1 unspecified atom stereocenters. The van der Waals surface area contributed by atoms with E-state index >= 15 is 0 Å². The predicted molar refractivity (Wildman–Crippen MR) is 97.9 cm³/mol. The van der Waals surface area contributed by atoms with Gasteiger partial charge in [-0.25, -0.2) is 14.3 Å². The predicted octanol–water partition coefficient (Wildman–Crippen LogP) is 1.70. The molecule has 0 radical (unpaired) electrons. The van der Waals surface area contributed by atoms with E-state index in [1.54, 1.807) is 16.6 Å². The molecule has 0 aliphatic heterocycles. The number of hydrogen-bond donors (Lipinski definition) is 1. The number of benzene rings is 1. The molecule has 0 aliphatic carbocycles. The number of rotatable bonds is 6. The molecule has 0 fully saturated rings. The monoisotopic (exact) mass is 367 g/mol. The summed E-state index contributed by atoms with van der Waals surface area (Å²) < 4.78 is 6.48. The number of nitrogens with one attached hydrogen (secondary N) is 1. The fraction of sp³-hybridized carbons (Fsp3) is 0.316. The molecule has 1 aromatic carbocycles. The summed E-state index contributed by atoms with van der Waals surface area (Å²) in [4.78, 5) is 33.1. The minimum absolute atomic E-state index is 0.212. The summed E-state index contributed by atoms with van der Waals surface area (Å²) in [5, 5.41) is 6.91. The van der Waals surface area contributed by atoms with E-state index in [0.717, 1.165) is 17.0 Å². The van der Waals surface area contributed by atoms with Crippen LogP contribution in [0.2, 0.25) is 0 Å². The van der Waals surface area contributed by atoms with Gasteiger partial charge in [-0.15, -0.1) is 0 Å². The first-order valence-electron chi connectivity index (χ1n) is 8.59. The Morgan fingerprint density at radius 3 is 2.67 bits per heavy atom. The van der Waals surface area contributed by atoms with Gasteiger partial charge in [-0.3, -0.25) is 4.79 Å². The molecule has 8 heteroatoms. The van der Waals surface area contributed by atoms with Crippen LogP contribution in [0.1, 0.15) is 35.0 Å². The van der Waals surface area contributed by atoms with Crippen LogP contribution in [0.15, 0.2) is 36.7 Å². The molecule has 27 heavy (non-hydrogen) atoms. The second-order valence-corrected chi connectivity index (χ2v) is 6.17. The second kappa shape index (κ2) is 7.94. The molecule has 1 N–H and O–H groups in total. The highest BCUT2D eigenvalue weighted by atomic mass is 16.5. The van der Waals surface area contributed by atoms with Crippen LogP contribution in [0.25, 0.3) is 5.78 Å². The third-order valence-electron chi connectivity index (χ3n) is 4.47. The Balaban J connectivity index is 1.73. The van der Waals surface area contributed by atoms with Crippen LogP contribution >= 0.6 is 0 Å². The molecule has 3 rings (SSSR count). The van der Waals surface area contributed by atoms with Gasteiger partial charge < -0.3 is 10.1 Å². The Morgan fingerprint density at radius 1 is 1.22 bits per heavy atom. The highest BCUT2D eigenvalue weighted by Gasteiger charge is 2.23. The highest BCUT2D eigenvalue weighted by Crippen LogP contribution is 2.17. The van der Waals surface area contributed by atoms with Crippen molar-refractivity contribution in [2.75, 3.05) is 7.11 Å². The number of ether oxygens (including phenoxy) is 1. The lowest BCUT2D eigenvalue weighted by Gasteiger charge is -2.17. The Morgan fingerprint density at radius 2 is 1.96 bits per heavy atom. The van der Waals surface area contributed by atoms with Crippen LogP contribution in [0, 0.1) is 13.8 Å². The van der Waals surface area contributed by atoms with E-state index in [1.165, 1.54) is 13.4 Å². The normalized spacial score (nSPS) is 12.0. The van der Waals surface area contributed by atoms with Crippen molar-refractivity contribution in [1.82, 2.24) is 24.9 Å². The van der Waals surface area contributed by atoms with Crippen molar-refractivity contribution in [1.29, 1.82) is 0 Å². The van der Waals surface area contributed by atoms with E-state index in [0.29, 0.717) is 17.8 Å². The fourth-order valence-electron chi connectivity index (χ4n) is 3.03. The molecule has 1 atom stereocenters. The fourth-order valence-corrected chi connectivity index (χ4v) is 3.03. The first-order valence-corrected chi connectivity index (χ1v) is 8.59. The van der Waals surface area contributed by atoms with Crippen LogP contribution < -0.4 is 5.32 Å². The van der Waals surface area contributed by atoms with E-state index in [-0.39, 0.29) is 12.3 Å². The molecule has 0 saturated carbocycles. The Kier molecular flexibility index (Phi) is 5.44. The minimum atomic E-state index is -0.832. The number of carbonyl (C=O) groups excluding carboxylic acids is 2. The number of aryl methyl sites for hydroxylation is 2. The van der Waals surface area contributed by atoms with Crippen molar-refractivity contribution in [3.8, 4) is 0 Å². The van der Waals surface area contributed by atoms with E-state index in [4.69, 9.17) is 4.74 Å². The first-order chi connectivity index (χ1) is 13.0. The number of fused-ring (bicyclic) bond motifs is 1. The first kappa shape index (κ1) is 18.5. The lowest BCUT2D eigenvalue weighted by atomic mass is 10.0. The SMILES string of the molecule is COC(=O)C(NC(=O)CCc1c(C)nc2ncnn2c1C)c1ccccc1. The Hall–Kier alpha value is -3.29. The van der Waals surface area contributed by atoms with Crippen molar-refractivity contribution in [2.45, 2.75) is 32.7 Å². The van der Waals surface area contributed by atoms with Gasteiger partial charge in [-0.1, -0.05) is 30.3 Å². The Bertz CT molecular complexity index is 968. The number of aromatic nitrogens is 4. The van der Waals surface area contributed by atoms with Gasteiger partial charge in [0.2, 0.25) is 5.91 Å². The standard InChI is InChI=1S/C19H21N5O3/c1-12-15(13(2)24-19(22-12)20-11-21-24)9-10-16(25)23-17(18(26)27-3)14-7-5-4-6-8-14/h4-8,11,17H,9-10H2,1-3H3,(H,23,25). The topological polar surface area (TPSA) is 98.5 Å². The zero-order valence-corrected chi connectivity index (χ0v) is 15.5. The number of methoxy groups -OCH3 is 1. The van der Waals surface area contributed by atoms with Crippen LogP contribution in [-0.4, -0.2) is 38.6 Å². The number of esters is 1. The van der Waals surface area contributed by atoms with Crippen molar-refractivity contribution in [3.63, 3.8) is 0 Å². The van der Waals surface area contributed by atoms with Crippen molar-refractivity contribution in [2.24, 2.45) is 0 Å². The van der Waals surface area contributed by atoms with Gasteiger partial charge >= 0.3 is 5.97 Å². The smallest absolute Gasteiger partial charge is 0.333 e. The molecule has 2 heterocycles. The third kappa shape index (κ3) is 3.94. The summed E-state index contributed by atoms with van der Waals surface area (Å²) in [5.74, 6) is -0.215. The zero-order chi connectivity index (χ0) is 19.4. The van der Waals surface area contributed by atoms with Gasteiger partial charge in [-0.05, 0) is 31.4 Å². The lowest BCUT2D eigenvalue weighted by molar-refractivity contribution is -0.145. The average molecular weight is 367 g/mol. The van der Waals surface area contributed by atoms with Gasteiger partial charge in [0.15, 0.2) is 6.04 Å². The molecule has 0 saturated heterocycles. The summed E-state index contributed by atoms with van der Waals surface area (Å²) in [5.41, 5.74) is 3.33. The van der Waals surface area contributed by atoms with Crippen LogP contribution in [0.4, 0.5) is 0 Å². The summed E-state index contributed by atoms with van der Waals surface area (Å²) in [6.45, 7) is 3.81. The molecule has 0 aliphatic rings. The summed E-state index contributed by atoms with van der Waals surface area (Å²) in [6.07, 6.45) is 2.14. The number of carbonyl (C=O) groups is 2. The number of nitrogens with zero attached hydrogens (tertiary/aromatic N) is 4. The van der Waals surface area contributed by atoms with E-state index in [9.17, 15) is 9.59 Å². The van der Waals surface area contributed by atoms with Gasteiger partial charge in [0.25, 0.3) is 5.78 Å². The molecule has 3 aromatic rings. The summed E-state index contributed by atoms with van der Waals surface area (Å²) in [6, 6.07) is 8.18. The summed E-state index contributed by atoms with van der Waals surface area (Å²) in [7, 11) is 1.30. The maximum absolute atomic E-state index is 12.5. The highest BCUT2D eigenvalue weighted by molar-refractivity contribution is 5.85. The van der Waals surface area contributed by atoms with Gasteiger partial charge in [-0.2, -0.15) is 10.1 Å². The van der Waals surface area contributed by atoms with Crippen LogP contribution in [-0.2, 0) is 20.7 Å². The quantitative estimate of drug-likeness (QED) is 0.666. The van der Waals surface area contributed by atoms with Gasteiger partial charge in [0, 0.05) is 17.8 Å². The molecular weight excluding hydrogens is 346 g/mol. The molecule has 1 amide bonds. The average Bonchev–Trinajstić information content (AvgIpc) is 3.14. The maximum Gasteiger partial charge on any atom is 0.333 e.